The van der Waals surface area contributed by atoms with Crippen molar-refractivity contribution in [3.05, 3.63) is 43.9 Å². The molecule has 1 atom stereocenters. The zero-order valence-electron chi connectivity index (χ0n) is 13.2. The Hall–Kier alpha value is -1.92. The van der Waals surface area contributed by atoms with Crippen molar-refractivity contribution in [2.45, 2.75) is 33.8 Å². The molecule has 0 aliphatic rings. The summed E-state index contributed by atoms with van der Waals surface area (Å²) in [5.74, 6) is -1.10. The number of aryl methyl sites for hydroxylation is 1. The molecule has 0 amide bonds. The summed E-state index contributed by atoms with van der Waals surface area (Å²) in [4.78, 5) is 39.3. The maximum Gasteiger partial charge on any atom is 0.349 e. The monoisotopic (exact) mass is 353 g/mol. The number of Topliss-reactive ketones (excluding diaryl/α,β-unsaturated/α-hetero) is 2. The van der Waals surface area contributed by atoms with Crippen molar-refractivity contribution in [3.8, 4) is 0 Å². The van der Waals surface area contributed by atoms with Crippen molar-refractivity contribution in [2.24, 2.45) is 0 Å². The van der Waals surface area contributed by atoms with Crippen LogP contribution < -0.4 is 0 Å². The summed E-state index contributed by atoms with van der Waals surface area (Å²) in [6, 6.07) is 3.14. The summed E-state index contributed by atoms with van der Waals surface area (Å²) in [7, 11) is 0. The number of esters is 1. The smallest absolute Gasteiger partial charge is 0.349 e. The Bertz CT molecular complexity index is 790. The van der Waals surface area contributed by atoms with Gasteiger partial charge in [0.2, 0.25) is 5.78 Å². The molecule has 122 valence electrons. The zero-order chi connectivity index (χ0) is 17.3. The second kappa shape index (κ2) is 6.68. The highest BCUT2D eigenvalue weighted by Crippen LogP contribution is 2.24. The van der Waals surface area contributed by atoms with Crippen molar-refractivity contribution in [1.82, 2.24) is 4.98 Å². The number of carbonyl (C=O) groups excluding carboxylic acids is 3. The number of thiophene rings is 1. The molecule has 0 saturated carbocycles. The molecule has 2 aromatic rings. The number of H-pyrrole nitrogens is 1. The molecule has 0 aliphatic carbocycles. The number of carbonyl (C=O) groups is 3. The van der Waals surface area contributed by atoms with Crippen molar-refractivity contribution < 1.29 is 19.1 Å². The lowest BCUT2D eigenvalue weighted by Crippen LogP contribution is -2.25. The van der Waals surface area contributed by atoms with Crippen molar-refractivity contribution >= 4 is 40.5 Å². The van der Waals surface area contributed by atoms with Crippen LogP contribution in [0.1, 0.15) is 55.6 Å². The highest BCUT2D eigenvalue weighted by molar-refractivity contribution is 7.17. The minimum absolute atomic E-state index is 0.117. The Morgan fingerprint density at radius 2 is 1.91 bits per heavy atom. The van der Waals surface area contributed by atoms with Gasteiger partial charge >= 0.3 is 5.97 Å². The van der Waals surface area contributed by atoms with Crippen LogP contribution >= 0.6 is 22.9 Å². The second-order valence-electron chi connectivity index (χ2n) is 5.20. The number of rotatable bonds is 5. The van der Waals surface area contributed by atoms with E-state index in [1.807, 2.05) is 0 Å². The fourth-order valence-corrected chi connectivity index (χ4v) is 3.35. The Kier molecular flexibility index (Phi) is 5.06. The van der Waals surface area contributed by atoms with Gasteiger partial charge in [0.25, 0.3) is 0 Å². The van der Waals surface area contributed by atoms with Gasteiger partial charge in [-0.15, -0.1) is 11.3 Å². The Morgan fingerprint density at radius 1 is 1.26 bits per heavy atom. The molecular weight excluding hydrogens is 338 g/mol. The molecular formula is C16H16ClNO4S. The van der Waals surface area contributed by atoms with Crippen molar-refractivity contribution in [3.63, 3.8) is 0 Å². The lowest BCUT2D eigenvalue weighted by Gasteiger charge is -2.11. The molecule has 0 saturated heterocycles. The number of halogens is 1. The zero-order valence-corrected chi connectivity index (χ0v) is 14.7. The van der Waals surface area contributed by atoms with E-state index >= 15 is 0 Å². The molecule has 0 radical (unpaired) electrons. The number of aromatic nitrogens is 1. The molecule has 7 heteroatoms. The molecule has 2 heterocycles. The number of ether oxygens (including phenoxy) is 1. The Morgan fingerprint density at radius 3 is 2.39 bits per heavy atom. The molecule has 0 bridgehead atoms. The summed E-state index contributed by atoms with van der Waals surface area (Å²) in [5.41, 5.74) is 1.98. The maximum absolute atomic E-state index is 12.5. The Balaban J connectivity index is 2.19. The van der Waals surface area contributed by atoms with Gasteiger partial charge in [-0.1, -0.05) is 11.6 Å². The average Bonchev–Trinajstić information content (AvgIpc) is 3.01. The fourth-order valence-electron chi connectivity index (χ4n) is 2.42. The molecule has 5 nitrogen and oxygen atoms in total. The van der Waals surface area contributed by atoms with E-state index in [4.69, 9.17) is 16.3 Å². The highest BCUT2D eigenvalue weighted by atomic mass is 35.5. The van der Waals surface area contributed by atoms with E-state index in [2.05, 4.69) is 4.98 Å². The number of ketones is 2. The van der Waals surface area contributed by atoms with Gasteiger partial charge in [0.15, 0.2) is 11.9 Å². The quantitative estimate of drug-likeness (QED) is 0.651. The van der Waals surface area contributed by atoms with Crippen LogP contribution in [0.15, 0.2) is 12.1 Å². The van der Waals surface area contributed by atoms with Crippen LogP contribution in [0.5, 0.6) is 0 Å². The van der Waals surface area contributed by atoms with E-state index < -0.39 is 12.1 Å². The van der Waals surface area contributed by atoms with Gasteiger partial charge in [-0.25, -0.2) is 4.79 Å². The standard InChI is InChI=1S/C16H16ClNO4S/c1-7-13(9(3)19)8(2)18-14(7)15(20)10(4)22-16(21)11-5-6-12(17)23-11/h5-6,10,18H,1-4H3/t10-/m1/s1. The van der Waals surface area contributed by atoms with Gasteiger partial charge in [-0.3, -0.25) is 9.59 Å². The van der Waals surface area contributed by atoms with Gasteiger partial charge in [0, 0.05) is 11.3 Å². The fraction of sp³-hybridized carbons (Fsp3) is 0.312. The maximum atomic E-state index is 12.5. The summed E-state index contributed by atoms with van der Waals surface area (Å²) in [6.45, 7) is 6.37. The predicted octanol–water partition coefficient (Wildman–Crippen LogP) is 3.98. The van der Waals surface area contributed by atoms with Gasteiger partial charge < -0.3 is 9.72 Å². The van der Waals surface area contributed by atoms with E-state index in [1.165, 1.54) is 13.8 Å². The molecule has 23 heavy (non-hydrogen) atoms. The van der Waals surface area contributed by atoms with Gasteiger partial charge in [-0.05, 0) is 45.4 Å². The van der Waals surface area contributed by atoms with Gasteiger partial charge in [-0.2, -0.15) is 0 Å². The van der Waals surface area contributed by atoms with Crippen LogP contribution in [0.25, 0.3) is 0 Å². The number of hydrogen-bond acceptors (Lipinski definition) is 5. The topological polar surface area (TPSA) is 76.2 Å². The third kappa shape index (κ3) is 3.54. The van der Waals surface area contributed by atoms with E-state index in [1.54, 1.807) is 26.0 Å². The Labute approximate surface area is 142 Å². The molecule has 1 N–H and O–H groups in total. The minimum atomic E-state index is -0.972. The molecule has 0 aromatic carbocycles. The first-order valence-corrected chi connectivity index (χ1v) is 8.12. The van der Waals surface area contributed by atoms with Crippen molar-refractivity contribution in [1.29, 1.82) is 0 Å². The molecule has 0 spiro atoms. The first-order valence-electron chi connectivity index (χ1n) is 6.93. The first kappa shape index (κ1) is 17.4. The molecule has 0 aliphatic heterocycles. The summed E-state index contributed by atoms with van der Waals surface area (Å²) in [5, 5.41) is 0. The predicted molar refractivity (Wildman–Crippen MR) is 88.8 cm³/mol. The number of aromatic amines is 1. The SMILES string of the molecule is CC(=O)c1c(C)[nH]c(C(=O)[C@@H](C)OC(=O)c2ccc(Cl)s2)c1C. The average molecular weight is 354 g/mol. The molecule has 0 fully saturated rings. The number of nitrogens with one attached hydrogen (secondary N) is 1. The lowest BCUT2D eigenvalue weighted by atomic mass is 10.0. The third-order valence-corrected chi connectivity index (χ3v) is 4.67. The van der Waals surface area contributed by atoms with E-state index in [-0.39, 0.29) is 17.3 Å². The van der Waals surface area contributed by atoms with Crippen LogP contribution in [0.3, 0.4) is 0 Å². The minimum Gasteiger partial charge on any atom is -0.450 e. The van der Waals surface area contributed by atoms with Crippen molar-refractivity contribution in [2.75, 3.05) is 0 Å². The van der Waals surface area contributed by atoms with Gasteiger partial charge in [0.1, 0.15) is 4.88 Å². The summed E-state index contributed by atoms with van der Waals surface area (Å²) >= 11 is 6.86. The summed E-state index contributed by atoms with van der Waals surface area (Å²) < 4.78 is 5.66. The molecule has 0 unspecified atom stereocenters. The largest absolute Gasteiger partial charge is 0.450 e. The van der Waals surface area contributed by atoms with Crippen LogP contribution in [0.4, 0.5) is 0 Å². The van der Waals surface area contributed by atoms with E-state index in [0.29, 0.717) is 26.0 Å². The second-order valence-corrected chi connectivity index (χ2v) is 6.91. The lowest BCUT2D eigenvalue weighted by molar-refractivity contribution is 0.0321. The van der Waals surface area contributed by atoms with Crippen LogP contribution in [0, 0.1) is 13.8 Å². The van der Waals surface area contributed by atoms with Crippen LogP contribution in [-0.2, 0) is 4.74 Å². The molecule has 2 aromatic heterocycles. The molecule has 2 rings (SSSR count). The highest BCUT2D eigenvalue weighted by Gasteiger charge is 2.26. The number of hydrogen-bond donors (Lipinski definition) is 1. The summed E-state index contributed by atoms with van der Waals surface area (Å²) in [6.07, 6.45) is -0.972. The van der Waals surface area contributed by atoms with Crippen LogP contribution in [-0.4, -0.2) is 28.6 Å². The third-order valence-electron chi connectivity index (χ3n) is 3.46. The van der Waals surface area contributed by atoms with Gasteiger partial charge in [0.05, 0.1) is 10.0 Å². The van der Waals surface area contributed by atoms with E-state index in [0.717, 1.165) is 11.3 Å². The first-order chi connectivity index (χ1) is 10.7. The van der Waals surface area contributed by atoms with E-state index in [9.17, 15) is 14.4 Å². The van der Waals surface area contributed by atoms with Crippen LogP contribution in [0.2, 0.25) is 4.34 Å². The normalized spacial score (nSPS) is 12.0.